The minimum absolute atomic E-state index is 0.0325. The number of halogens is 4. The van der Waals surface area contributed by atoms with Gasteiger partial charge in [0, 0.05) is 17.2 Å². The largest absolute Gasteiger partial charge is 0.494 e. The molecule has 4 N–H and O–H groups in total. The second-order valence-corrected chi connectivity index (χ2v) is 17.0. The molecule has 7 rings (SSSR count). The minimum atomic E-state index is -4.09. The van der Waals surface area contributed by atoms with Gasteiger partial charge in [0.1, 0.15) is 17.6 Å². The van der Waals surface area contributed by atoms with Crippen LogP contribution in [0.4, 0.5) is 17.6 Å². The highest BCUT2D eigenvalue weighted by Crippen LogP contribution is 2.29. The van der Waals surface area contributed by atoms with Crippen LogP contribution in [0.3, 0.4) is 0 Å². The summed E-state index contributed by atoms with van der Waals surface area (Å²) in [4.78, 5) is 6.23. The summed E-state index contributed by atoms with van der Waals surface area (Å²) >= 11 is 0. The standard InChI is InChI=1S/C17H14F3N3O3S.C16H11FN4O2S.C6H7NO2S/c1-26-16-8-7-11(9-13(16)18)15-10-14(17(19)20)21-23(15)22-27(24,25)12-5-3-2-4-6-12;17-13-8-6-12(7-9-13)16-10-14(11-18)19-21(16)20-24(22,23)15-4-2-1-3-5-15;7-10(8,9)6-4-2-1-3-5-6/h2-10,17,22H,1H3;1-10,20H;1-5H,(H2,7,8,9). The Hall–Kier alpha value is -7.06. The van der Waals surface area contributed by atoms with Crippen LogP contribution < -0.4 is 19.5 Å². The van der Waals surface area contributed by atoms with E-state index in [1.165, 1.54) is 98.1 Å². The van der Waals surface area contributed by atoms with Crippen molar-refractivity contribution < 1.29 is 47.6 Å². The van der Waals surface area contributed by atoms with Gasteiger partial charge in [0.2, 0.25) is 10.0 Å². The lowest BCUT2D eigenvalue weighted by molar-refractivity contribution is 0.145. The Morgan fingerprint density at radius 1 is 0.639 bits per heavy atom. The van der Waals surface area contributed by atoms with Gasteiger partial charge in [-0.25, -0.2) is 31.1 Å². The SMILES string of the molecule is COc1ccc(-c2cc(C(F)F)nn2NS(=O)(=O)c2ccccc2)cc1F.N#Cc1cc(-c2ccc(F)cc2)n(NS(=O)(=O)c2ccccc2)n1.NS(=O)(=O)c1ccccc1. The Morgan fingerprint density at radius 3 is 1.52 bits per heavy atom. The van der Waals surface area contributed by atoms with Crippen molar-refractivity contribution in [2.45, 2.75) is 21.1 Å². The topological polar surface area (TPSA) is 221 Å². The first-order chi connectivity index (χ1) is 28.9. The van der Waals surface area contributed by atoms with Gasteiger partial charge in [-0.05, 0) is 84.9 Å². The Balaban J connectivity index is 0.000000190. The number of sulfonamides is 3. The van der Waals surface area contributed by atoms with Crippen molar-refractivity contribution in [3.8, 4) is 34.3 Å². The predicted molar refractivity (Wildman–Crippen MR) is 215 cm³/mol. The van der Waals surface area contributed by atoms with Gasteiger partial charge in [-0.3, -0.25) is 0 Å². The number of benzene rings is 5. The maximum Gasteiger partial charge on any atom is 0.282 e. The molecule has 0 fully saturated rings. The molecule has 61 heavy (non-hydrogen) atoms. The van der Waals surface area contributed by atoms with Crippen LogP contribution in [0.1, 0.15) is 17.8 Å². The number of nitrogens with two attached hydrogens (primary N) is 1. The Bertz CT molecular complexity index is 2970. The molecule has 316 valence electrons. The number of hydrogen-bond donors (Lipinski definition) is 3. The number of nitrogens with zero attached hydrogens (tertiary/aromatic N) is 5. The monoisotopic (exact) mass is 896 g/mol. The molecule has 0 unspecified atom stereocenters. The summed E-state index contributed by atoms with van der Waals surface area (Å²) in [6, 6.07) is 36.4. The maximum absolute atomic E-state index is 14.0. The van der Waals surface area contributed by atoms with Crippen molar-refractivity contribution in [1.29, 1.82) is 5.26 Å². The number of ether oxygens (including phenoxy) is 1. The van der Waals surface area contributed by atoms with E-state index in [1.54, 1.807) is 42.5 Å². The lowest BCUT2D eigenvalue weighted by atomic mass is 10.1. The normalized spacial score (nSPS) is 11.3. The summed E-state index contributed by atoms with van der Waals surface area (Å²) in [7, 11) is -10.2. The van der Waals surface area contributed by atoms with Crippen LogP contribution in [-0.4, -0.2) is 52.1 Å². The Labute approximate surface area is 347 Å². The summed E-state index contributed by atoms with van der Waals surface area (Å²) in [5, 5.41) is 21.3. The zero-order chi connectivity index (χ0) is 44.4. The van der Waals surface area contributed by atoms with Crippen molar-refractivity contribution in [3.63, 3.8) is 0 Å². The number of primary sulfonamides is 1. The van der Waals surface area contributed by atoms with Crippen molar-refractivity contribution in [1.82, 2.24) is 19.8 Å². The van der Waals surface area contributed by atoms with E-state index in [9.17, 15) is 42.8 Å². The number of hydrogen-bond acceptors (Lipinski definition) is 10. The molecule has 0 aliphatic carbocycles. The molecular formula is C39H32F4N8O7S3. The third-order valence-electron chi connectivity index (χ3n) is 7.96. The summed E-state index contributed by atoms with van der Waals surface area (Å²) in [5.74, 6) is -1.19. The van der Waals surface area contributed by atoms with Gasteiger partial charge in [-0.15, -0.1) is 5.10 Å². The summed E-state index contributed by atoms with van der Waals surface area (Å²) in [6.45, 7) is 0. The second-order valence-electron chi connectivity index (χ2n) is 12.1. The smallest absolute Gasteiger partial charge is 0.282 e. The molecule has 0 saturated heterocycles. The van der Waals surface area contributed by atoms with Gasteiger partial charge in [-0.1, -0.05) is 54.6 Å². The highest BCUT2D eigenvalue weighted by molar-refractivity contribution is 7.92. The Kier molecular flexibility index (Phi) is 14.3. The lowest BCUT2D eigenvalue weighted by Gasteiger charge is -2.11. The second kappa shape index (κ2) is 19.3. The molecule has 0 amide bonds. The van der Waals surface area contributed by atoms with Crippen LogP contribution in [0, 0.1) is 23.0 Å². The van der Waals surface area contributed by atoms with E-state index in [4.69, 9.17) is 15.1 Å². The number of nitriles is 1. The highest BCUT2D eigenvalue weighted by Gasteiger charge is 2.22. The molecule has 0 atom stereocenters. The molecular weight excluding hydrogens is 865 g/mol. The molecule has 15 nitrogen and oxygen atoms in total. The molecule has 0 saturated carbocycles. The van der Waals surface area contributed by atoms with Gasteiger partial charge in [0.25, 0.3) is 26.5 Å². The molecule has 0 spiro atoms. The van der Waals surface area contributed by atoms with Crippen LogP contribution >= 0.6 is 0 Å². The average Bonchev–Trinajstić information content (AvgIpc) is 3.86. The number of rotatable bonds is 11. The van der Waals surface area contributed by atoms with Crippen LogP contribution in [0.2, 0.25) is 0 Å². The molecule has 2 heterocycles. The van der Waals surface area contributed by atoms with E-state index in [0.717, 1.165) is 16.9 Å². The first-order valence-electron chi connectivity index (χ1n) is 17.1. The molecule has 0 aliphatic heterocycles. The number of methoxy groups -OCH3 is 1. The van der Waals surface area contributed by atoms with Gasteiger partial charge in [0.15, 0.2) is 17.3 Å². The molecule has 7 aromatic rings. The highest BCUT2D eigenvalue weighted by atomic mass is 32.2. The predicted octanol–water partition coefficient (Wildman–Crippen LogP) is 6.40. The third-order valence-corrected chi connectivity index (χ3v) is 11.5. The molecule has 0 aliphatic rings. The van der Waals surface area contributed by atoms with Crippen LogP contribution in [0.15, 0.2) is 160 Å². The van der Waals surface area contributed by atoms with E-state index < -0.39 is 53.8 Å². The first kappa shape index (κ1) is 45.0. The van der Waals surface area contributed by atoms with E-state index in [1.807, 2.05) is 6.07 Å². The van der Waals surface area contributed by atoms with Crippen molar-refractivity contribution in [2.75, 3.05) is 16.8 Å². The van der Waals surface area contributed by atoms with Gasteiger partial charge in [-0.2, -0.15) is 46.4 Å². The summed E-state index contributed by atoms with van der Waals surface area (Å²) in [5.41, 5.74) is 0.309. The zero-order valence-electron chi connectivity index (χ0n) is 31.3. The third kappa shape index (κ3) is 11.8. The van der Waals surface area contributed by atoms with Crippen LogP contribution in [-0.2, 0) is 30.1 Å². The molecule has 5 aromatic carbocycles. The van der Waals surface area contributed by atoms with E-state index in [0.29, 0.717) is 16.0 Å². The number of nitrogens with one attached hydrogen (secondary N) is 2. The van der Waals surface area contributed by atoms with E-state index in [2.05, 4.69) is 19.9 Å². The lowest BCUT2D eigenvalue weighted by Crippen LogP contribution is -2.25. The van der Waals surface area contributed by atoms with Crippen LogP contribution in [0.5, 0.6) is 5.75 Å². The molecule has 0 radical (unpaired) electrons. The fourth-order valence-electron chi connectivity index (χ4n) is 5.08. The fraction of sp³-hybridized carbons (Fsp3) is 0.0513. The van der Waals surface area contributed by atoms with Gasteiger partial charge >= 0.3 is 0 Å². The zero-order valence-corrected chi connectivity index (χ0v) is 33.8. The van der Waals surface area contributed by atoms with Crippen molar-refractivity contribution in [2.24, 2.45) is 5.14 Å². The van der Waals surface area contributed by atoms with Gasteiger partial charge < -0.3 is 4.74 Å². The quantitative estimate of drug-likeness (QED) is 0.121. The first-order valence-corrected chi connectivity index (χ1v) is 21.6. The molecule has 22 heteroatoms. The van der Waals surface area contributed by atoms with E-state index >= 15 is 0 Å². The van der Waals surface area contributed by atoms with Gasteiger partial charge in [0.05, 0.1) is 33.2 Å². The van der Waals surface area contributed by atoms with E-state index in [-0.39, 0.29) is 37.4 Å². The fourth-order valence-corrected chi connectivity index (χ4v) is 7.59. The average molecular weight is 897 g/mol. The maximum atomic E-state index is 14.0. The molecule has 0 bridgehead atoms. The van der Waals surface area contributed by atoms with Crippen molar-refractivity contribution >= 4 is 30.1 Å². The Morgan fingerprint density at radius 2 is 1.10 bits per heavy atom. The minimum Gasteiger partial charge on any atom is -0.494 e. The number of aromatic nitrogens is 4. The summed E-state index contributed by atoms with van der Waals surface area (Å²) in [6.07, 6.45) is -2.94. The van der Waals surface area contributed by atoms with Crippen LogP contribution in [0.25, 0.3) is 22.5 Å². The molecule has 2 aromatic heterocycles. The number of alkyl halides is 2. The summed E-state index contributed by atoms with van der Waals surface area (Å²) < 4.78 is 129. The van der Waals surface area contributed by atoms with Crippen molar-refractivity contribution in [3.05, 3.63) is 169 Å².